The summed E-state index contributed by atoms with van der Waals surface area (Å²) in [7, 11) is 4.14. The van der Waals surface area contributed by atoms with Gasteiger partial charge in [0.15, 0.2) is 0 Å². The van der Waals surface area contributed by atoms with E-state index >= 15 is 0 Å². The molecule has 0 bridgehead atoms. The van der Waals surface area contributed by atoms with Crippen LogP contribution in [-0.4, -0.2) is 49.1 Å². The van der Waals surface area contributed by atoms with Gasteiger partial charge in [-0.2, -0.15) is 0 Å². The molecule has 0 N–H and O–H groups in total. The van der Waals surface area contributed by atoms with Crippen molar-refractivity contribution in [2.24, 2.45) is 0 Å². The SMILES string of the molecule is CC(C)N1C(=O)N(CCCN(C)C)C(c2ccccc2)c2ccccc21. The number of anilines is 1. The van der Waals surface area contributed by atoms with E-state index in [0.29, 0.717) is 0 Å². The molecule has 2 amide bonds. The lowest BCUT2D eigenvalue weighted by Crippen LogP contribution is -2.52. The Bertz CT molecular complexity index is 742. The van der Waals surface area contributed by atoms with E-state index in [9.17, 15) is 4.79 Å². The van der Waals surface area contributed by atoms with Gasteiger partial charge in [0, 0.05) is 18.2 Å². The van der Waals surface area contributed by atoms with Crippen LogP contribution in [0.5, 0.6) is 0 Å². The Balaban J connectivity index is 2.06. The third kappa shape index (κ3) is 3.61. The first kappa shape index (κ1) is 18.5. The largest absolute Gasteiger partial charge is 0.325 e. The maximum Gasteiger partial charge on any atom is 0.325 e. The van der Waals surface area contributed by atoms with E-state index in [2.05, 4.69) is 75.3 Å². The first-order chi connectivity index (χ1) is 12.5. The minimum atomic E-state index is -0.0305. The molecule has 2 aromatic rings. The first-order valence-corrected chi connectivity index (χ1v) is 9.39. The number of benzene rings is 2. The second-order valence-corrected chi connectivity index (χ2v) is 7.47. The zero-order chi connectivity index (χ0) is 18.7. The Morgan fingerprint density at radius 2 is 1.65 bits per heavy atom. The van der Waals surface area contributed by atoms with Crippen molar-refractivity contribution in [3.05, 3.63) is 65.7 Å². The van der Waals surface area contributed by atoms with Gasteiger partial charge in [-0.25, -0.2) is 4.79 Å². The smallest absolute Gasteiger partial charge is 0.313 e. The number of para-hydroxylation sites is 1. The molecule has 138 valence electrons. The standard InChI is InChI=1S/C22H29N3O/c1-17(2)25-20-14-9-8-13-19(20)21(18-11-6-5-7-12-18)24(22(25)26)16-10-15-23(3)4/h5-9,11-14,17,21H,10,15-16H2,1-4H3. The van der Waals surface area contributed by atoms with Gasteiger partial charge in [-0.3, -0.25) is 4.90 Å². The number of amides is 2. The normalized spacial score (nSPS) is 17.2. The molecule has 1 unspecified atom stereocenters. The van der Waals surface area contributed by atoms with E-state index in [0.717, 1.165) is 25.2 Å². The van der Waals surface area contributed by atoms with Gasteiger partial charge in [0.1, 0.15) is 0 Å². The fraction of sp³-hybridized carbons (Fsp3) is 0.409. The number of fused-ring (bicyclic) bond motifs is 1. The van der Waals surface area contributed by atoms with Gasteiger partial charge < -0.3 is 9.80 Å². The topological polar surface area (TPSA) is 26.8 Å². The van der Waals surface area contributed by atoms with Crippen molar-refractivity contribution in [3.8, 4) is 0 Å². The summed E-state index contributed by atoms with van der Waals surface area (Å²) in [6.07, 6.45) is 0.955. The van der Waals surface area contributed by atoms with E-state index in [1.807, 2.05) is 21.9 Å². The first-order valence-electron chi connectivity index (χ1n) is 9.39. The minimum absolute atomic E-state index is 0.0305. The molecule has 0 aliphatic carbocycles. The highest BCUT2D eigenvalue weighted by Crippen LogP contribution is 2.41. The molecule has 3 rings (SSSR count). The van der Waals surface area contributed by atoms with Crippen molar-refractivity contribution in [2.45, 2.75) is 32.4 Å². The molecule has 4 nitrogen and oxygen atoms in total. The average molecular weight is 351 g/mol. The van der Waals surface area contributed by atoms with Gasteiger partial charge in [-0.05, 0) is 52.5 Å². The van der Waals surface area contributed by atoms with E-state index in [-0.39, 0.29) is 18.1 Å². The summed E-state index contributed by atoms with van der Waals surface area (Å²) in [6.45, 7) is 5.87. The van der Waals surface area contributed by atoms with Crippen molar-refractivity contribution in [1.29, 1.82) is 0 Å². The molecule has 26 heavy (non-hydrogen) atoms. The Labute approximate surface area is 157 Å². The second kappa shape index (κ2) is 7.92. The van der Waals surface area contributed by atoms with Gasteiger partial charge in [-0.15, -0.1) is 0 Å². The van der Waals surface area contributed by atoms with Crippen LogP contribution in [-0.2, 0) is 0 Å². The number of urea groups is 1. The summed E-state index contributed by atoms with van der Waals surface area (Å²) in [4.78, 5) is 19.6. The molecule has 0 fully saturated rings. The van der Waals surface area contributed by atoms with Crippen LogP contribution in [0.15, 0.2) is 54.6 Å². The van der Waals surface area contributed by atoms with E-state index in [4.69, 9.17) is 0 Å². The zero-order valence-corrected chi connectivity index (χ0v) is 16.2. The predicted molar refractivity (Wildman–Crippen MR) is 108 cm³/mol. The molecule has 0 aromatic heterocycles. The van der Waals surface area contributed by atoms with E-state index < -0.39 is 0 Å². The third-order valence-electron chi connectivity index (χ3n) is 4.89. The molecule has 1 atom stereocenters. The van der Waals surface area contributed by atoms with Crippen molar-refractivity contribution in [2.75, 3.05) is 32.1 Å². The molecule has 1 aliphatic rings. The maximum absolute atomic E-state index is 13.4. The summed E-state index contributed by atoms with van der Waals surface area (Å²) in [6, 6.07) is 18.9. The lowest BCUT2D eigenvalue weighted by atomic mass is 9.92. The number of carbonyl (C=O) groups is 1. The molecule has 0 saturated heterocycles. The number of nitrogens with zero attached hydrogens (tertiary/aromatic N) is 3. The average Bonchev–Trinajstić information content (AvgIpc) is 2.62. The Kier molecular flexibility index (Phi) is 5.62. The van der Waals surface area contributed by atoms with Gasteiger partial charge in [0.05, 0.1) is 11.7 Å². The molecular weight excluding hydrogens is 322 g/mol. The third-order valence-corrected chi connectivity index (χ3v) is 4.89. The molecule has 0 spiro atoms. The number of rotatable bonds is 6. The van der Waals surface area contributed by atoms with Crippen LogP contribution in [0.3, 0.4) is 0 Å². The molecule has 1 heterocycles. The lowest BCUT2D eigenvalue weighted by Gasteiger charge is -2.44. The van der Waals surface area contributed by atoms with Crippen LogP contribution in [0.2, 0.25) is 0 Å². The van der Waals surface area contributed by atoms with Crippen LogP contribution < -0.4 is 4.90 Å². The van der Waals surface area contributed by atoms with Gasteiger partial charge in [-0.1, -0.05) is 48.5 Å². The zero-order valence-electron chi connectivity index (χ0n) is 16.2. The van der Waals surface area contributed by atoms with Crippen LogP contribution in [0.25, 0.3) is 0 Å². The molecule has 1 aliphatic heterocycles. The van der Waals surface area contributed by atoms with Crippen LogP contribution in [0.1, 0.15) is 37.4 Å². The molecule has 4 heteroatoms. The fourth-order valence-corrected chi connectivity index (χ4v) is 3.73. The maximum atomic E-state index is 13.4. The summed E-state index contributed by atoms with van der Waals surface area (Å²) in [5, 5.41) is 0. The minimum Gasteiger partial charge on any atom is -0.313 e. The quantitative estimate of drug-likeness (QED) is 0.772. The monoisotopic (exact) mass is 351 g/mol. The van der Waals surface area contributed by atoms with Crippen LogP contribution in [0.4, 0.5) is 10.5 Å². The van der Waals surface area contributed by atoms with E-state index in [1.54, 1.807) is 0 Å². The van der Waals surface area contributed by atoms with E-state index in [1.165, 1.54) is 11.1 Å². The fourth-order valence-electron chi connectivity index (χ4n) is 3.73. The summed E-state index contributed by atoms with van der Waals surface area (Å²) < 4.78 is 0. The molecule has 2 aromatic carbocycles. The van der Waals surface area contributed by atoms with Gasteiger partial charge >= 0.3 is 6.03 Å². The molecule has 0 radical (unpaired) electrons. The van der Waals surface area contributed by atoms with Crippen molar-refractivity contribution in [3.63, 3.8) is 0 Å². The van der Waals surface area contributed by atoms with Gasteiger partial charge in [0.2, 0.25) is 0 Å². The van der Waals surface area contributed by atoms with Crippen LogP contribution in [0, 0.1) is 0 Å². The highest BCUT2D eigenvalue weighted by molar-refractivity contribution is 5.96. The number of carbonyl (C=O) groups excluding carboxylic acids is 1. The van der Waals surface area contributed by atoms with Crippen molar-refractivity contribution in [1.82, 2.24) is 9.80 Å². The van der Waals surface area contributed by atoms with Crippen LogP contribution >= 0.6 is 0 Å². The lowest BCUT2D eigenvalue weighted by molar-refractivity contribution is 0.181. The Hall–Kier alpha value is -2.33. The highest BCUT2D eigenvalue weighted by Gasteiger charge is 2.38. The van der Waals surface area contributed by atoms with Crippen molar-refractivity contribution >= 4 is 11.7 Å². The summed E-state index contributed by atoms with van der Waals surface area (Å²) in [5.74, 6) is 0. The summed E-state index contributed by atoms with van der Waals surface area (Å²) in [5.41, 5.74) is 3.41. The molecular formula is C22H29N3O. The summed E-state index contributed by atoms with van der Waals surface area (Å²) >= 11 is 0. The second-order valence-electron chi connectivity index (χ2n) is 7.47. The number of hydrogen-bond donors (Lipinski definition) is 0. The Morgan fingerprint density at radius 3 is 2.31 bits per heavy atom. The van der Waals surface area contributed by atoms with Crippen molar-refractivity contribution < 1.29 is 4.79 Å². The van der Waals surface area contributed by atoms with Gasteiger partial charge in [0.25, 0.3) is 0 Å². The Morgan fingerprint density at radius 1 is 1.00 bits per heavy atom. The predicted octanol–water partition coefficient (Wildman–Crippen LogP) is 4.38. The number of hydrogen-bond acceptors (Lipinski definition) is 2. The highest BCUT2D eigenvalue weighted by atomic mass is 16.2. The molecule has 0 saturated carbocycles.